The summed E-state index contributed by atoms with van der Waals surface area (Å²) in [5.74, 6) is -1.13. The molecular formula is C17H14F8N6O2S. The molecule has 17 heteroatoms. The molecule has 0 unspecified atom stereocenters. The Labute approximate surface area is 186 Å². The summed E-state index contributed by atoms with van der Waals surface area (Å²) in [5, 5.41) is 3.78. The van der Waals surface area contributed by atoms with Crippen molar-refractivity contribution in [3.63, 3.8) is 0 Å². The van der Waals surface area contributed by atoms with Crippen LogP contribution in [0.3, 0.4) is 0 Å². The van der Waals surface area contributed by atoms with Gasteiger partial charge < -0.3 is 4.57 Å². The van der Waals surface area contributed by atoms with Gasteiger partial charge in [0.1, 0.15) is 18.3 Å². The minimum absolute atomic E-state index is 0.0469. The number of sulfone groups is 1. The molecule has 186 valence electrons. The van der Waals surface area contributed by atoms with Crippen LogP contribution in [0.4, 0.5) is 35.1 Å². The van der Waals surface area contributed by atoms with Crippen LogP contribution in [0.15, 0.2) is 35.9 Å². The monoisotopic (exact) mass is 518 g/mol. The van der Waals surface area contributed by atoms with Gasteiger partial charge in [-0.05, 0) is 12.1 Å². The van der Waals surface area contributed by atoms with E-state index in [-0.39, 0.29) is 12.0 Å². The Bertz CT molecular complexity index is 1270. The van der Waals surface area contributed by atoms with Gasteiger partial charge in [0.15, 0.2) is 27.7 Å². The zero-order chi connectivity index (χ0) is 25.7. The van der Waals surface area contributed by atoms with Crippen molar-refractivity contribution in [2.45, 2.75) is 36.0 Å². The van der Waals surface area contributed by atoms with E-state index in [0.29, 0.717) is 4.57 Å². The maximum absolute atomic E-state index is 14.6. The summed E-state index contributed by atoms with van der Waals surface area (Å²) in [6.45, 7) is 1.27. The molecule has 3 aromatic heterocycles. The van der Waals surface area contributed by atoms with Gasteiger partial charge in [0.05, 0.1) is 22.5 Å². The van der Waals surface area contributed by atoms with Crippen molar-refractivity contribution in [1.82, 2.24) is 29.3 Å². The summed E-state index contributed by atoms with van der Waals surface area (Å²) < 4.78 is 133. The maximum atomic E-state index is 14.6. The third kappa shape index (κ3) is 4.01. The van der Waals surface area contributed by atoms with Crippen molar-refractivity contribution in [3.8, 4) is 17.3 Å². The van der Waals surface area contributed by atoms with Crippen LogP contribution in [-0.2, 0) is 16.9 Å². The molecule has 0 aliphatic rings. The molecule has 8 nitrogen and oxygen atoms in total. The Hall–Kier alpha value is -3.11. The molecule has 0 N–H and O–H groups in total. The number of hydrogen-bond donors (Lipinski definition) is 0. The highest BCUT2D eigenvalue weighted by Crippen LogP contribution is 2.54. The minimum Gasteiger partial charge on any atom is -0.327 e. The number of halogens is 8. The smallest absolute Gasteiger partial charge is 0.327 e. The molecule has 0 aromatic carbocycles. The molecule has 0 saturated heterocycles. The summed E-state index contributed by atoms with van der Waals surface area (Å²) in [7, 11) is -3.26. The third-order valence-corrected chi connectivity index (χ3v) is 6.64. The number of aromatic nitrogens is 6. The van der Waals surface area contributed by atoms with Gasteiger partial charge in [-0.1, -0.05) is 6.92 Å². The molecule has 0 radical (unpaired) electrons. The van der Waals surface area contributed by atoms with Crippen LogP contribution in [0.5, 0.6) is 0 Å². The summed E-state index contributed by atoms with van der Waals surface area (Å²) in [6.07, 6.45) is -15.1. The predicted octanol–water partition coefficient (Wildman–Crippen LogP) is 3.70. The molecule has 3 rings (SSSR count). The van der Waals surface area contributed by atoms with Crippen molar-refractivity contribution in [2.24, 2.45) is 7.05 Å². The normalized spacial score (nSPS) is 14.4. The molecule has 0 fully saturated rings. The fourth-order valence-electron chi connectivity index (χ4n) is 2.99. The highest BCUT2D eigenvalue weighted by atomic mass is 32.2. The summed E-state index contributed by atoms with van der Waals surface area (Å²) in [6, 6.07) is 2.27. The summed E-state index contributed by atoms with van der Waals surface area (Å²) in [5.41, 5.74) is -8.22. The average Bonchev–Trinajstić information content (AvgIpc) is 3.40. The van der Waals surface area contributed by atoms with Gasteiger partial charge in [-0.15, -0.1) is 0 Å². The molecule has 0 amide bonds. The van der Waals surface area contributed by atoms with Crippen molar-refractivity contribution < 1.29 is 43.5 Å². The number of pyridine rings is 1. The number of alkyl halides is 8. The number of rotatable bonds is 6. The lowest BCUT2D eigenvalue weighted by atomic mass is 9.96. The Kier molecular flexibility index (Phi) is 6.21. The molecule has 3 aromatic rings. The quantitative estimate of drug-likeness (QED) is 0.462. The molecule has 0 aliphatic heterocycles. The Morgan fingerprint density at radius 2 is 1.68 bits per heavy atom. The van der Waals surface area contributed by atoms with Gasteiger partial charge in [-0.25, -0.2) is 36.8 Å². The van der Waals surface area contributed by atoms with Crippen molar-refractivity contribution in [2.75, 3.05) is 5.75 Å². The van der Waals surface area contributed by atoms with Crippen LogP contribution in [-0.4, -0.2) is 61.5 Å². The molecule has 0 aliphatic carbocycles. The van der Waals surface area contributed by atoms with E-state index in [1.165, 1.54) is 19.3 Å². The van der Waals surface area contributed by atoms with Crippen LogP contribution in [0.25, 0.3) is 17.3 Å². The van der Waals surface area contributed by atoms with Crippen molar-refractivity contribution >= 4 is 9.84 Å². The van der Waals surface area contributed by atoms with E-state index in [1.807, 2.05) is 0 Å². The van der Waals surface area contributed by atoms with Crippen LogP contribution >= 0.6 is 0 Å². The lowest BCUT2D eigenvalue weighted by molar-refractivity contribution is -0.359. The van der Waals surface area contributed by atoms with E-state index in [9.17, 15) is 43.5 Å². The number of nitrogens with zero attached hydrogens (tertiary/aromatic N) is 6. The minimum atomic E-state index is -6.66. The molecule has 1 atom stereocenters. The number of hydrogen-bond acceptors (Lipinski definition) is 6. The van der Waals surface area contributed by atoms with Crippen molar-refractivity contribution in [3.05, 3.63) is 36.7 Å². The Balaban J connectivity index is 2.24. The molecule has 3 heterocycles. The lowest BCUT2D eigenvalue weighted by Crippen LogP contribution is -2.56. The van der Waals surface area contributed by atoms with Crippen LogP contribution in [0.1, 0.15) is 18.8 Å². The van der Waals surface area contributed by atoms with Crippen LogP contribution < -0.4 is 0 Å². The van der Waals surface area contributed by atoms with Gasteiger partial charge in [-0.3, -0.25) is 0 Å². The van der Waals surface area contributed by atoms with Gasteiger partial charge >= 0.3 is 18.0 Å². The fraction of sp³-hybridized carbons (Fsp3) is 0.412. The van der Waals surface area contributed by atoms with E-state index in [2.05, 4.69) is 20.1 Å². The van der Waals surface area contributed by atoms with Gasteiger partial charge in [-0.2, -0.15) is 31.4 Å². The SMILES string of the molecule is CCS(=O)(=O)c1ccc(-n2cncn2)nc1-c1ncc([C@H](F)C(F)(C(F)(F)F)C(F)(F)F)n1C. The van der Waals surface area contributed by atoms with Crippen LogP contribution in [0, 0.1) is 0 Å². The van der Waals surface area contributed by atoms with E-state index in [0.717, 1.165) is 24.1 Å². The Morgan fingerprint density at radius 3 is 2.18 bits per heavy atom. The van der Waals surface area contributed by atoms with E-state index < -0.39 is 61.9 Å². The van der Waals surface area contributed by atoms with Crippen molar-refractivity contribution in [1.29, 1.82) is 0 Å². The highest BCUT2D eigenvalue weighted by molar-refractivity contribution is 7.91. The molecule has 0 saturated carbocycles. The van der Waals surface area contributed by atoms with Gasteiger partial charge in [0, 0.05) is 7.05 Å². The molecule has 0 spiro atoms. The van der Waals surface area contributed by atoms with Gasteiger partial charge in [0.2, 0.25) is 0 Å². The van der Waals surface area contributed by atoms with Crippen LogP contribution in [0.2, 0.25) is 0 Å². The first-order valence-electron chi connectivity index (χ1n) is 9.13. The third-order valence-electron chi connectivity index (χ3n) is 4.88. The van der Waals surface area contributed by atoms with Gasteiger partial charge in [0.25, 0.3) is 0 Å². The molecule has 34 heavy (non-hydrogen) atoms. The maximum Gasteiger partial charge on any atom is 0.434 e. The highest BCUT2D eigenvalue weighted by Gasteiger charge is 2.77. The lowest BCUT2D eigenvalue weighted by Gasteiger charge is -2.32. The molecular weight excluding hydrogens is 504 g/mol. The standard InChI is InChI=1S/C17H14F8N6O2S/c1-3-34(32,33)10-4-5-11(31-8-26-7-28-31)29-12(10)14-27-6-9(30(14)2)13(18)15(19,16(20,21)22)17(23,24)25/h4-8,13H,3H2,1-2H3/t13-/m0/s1. The predicted molar refractivity (Wildman–Crippen MR) is 98.9 cm³/mol. The second kappa shape index (κ2) is 8.28. The molecule has 0 bridgehead atoms. The zero-order valence-corrected chi connectivity index (χ0v) is 17.9. The second-order valence-electron chi connectivity index (χ2n) is 6.90. The van der Waals surface area contributed by atoms with E-state index in [4.69, 9.17) is 0 Å². The fourth-order valence-corrected chi connectivity index (χ4v) is 4.00. The second-order valence-corrected chi connectivity index (χ2v) is 9.14. The first-order valence-corrected chi connectivity index (χ1v) is 10.8. The Morgan fingerprint density at radius 1 is 1.06 bits per heavy atom. The number of imidazole rings is 1. The first kappa shape index (κ1) is 25.5. The van der Waals surface area contributed by atoms with E-state index >= 15 is 0 Å². The summed E-state index contributed by atoms with van der Waals surface area (Å²) in [4.78, 5) is 10.8. The van der Waals surface area contributed by atoms with E-state index in [1.54, 1.807) is 0 Å². The zero-order valence-electron chi connectivity index (χ0n) is 17.1. The average molecular weight is 518 g/mol. The summed E-state index contributed by atoms with van der Waals surface area (Å²) >= 11 is 0. The topological polar surface area (TPSA) is 95.6 Å². The first-order chi connectivity index (χ1) is 15.6. The largest absolute Gasteiger partial charge is 0.434 e.